The Bertz CT molecular complexity index is 668. The fourth-order valence-electron chi connectivity index (χ4n) is 3.31. The fraction of sp³-hybridized carbons (Fsp3) is 0.500. The maximum absolute atomic E-state index is 12.8. The first-order valence-corrected chi connectivity index (χ1v) is 8.19. The van der Waals surface area contributed by atoms with Crippen molar-refractivity contribution in [3.63, 3.8) is 0 Å². The van der Waals surface area contributed by atoms with Crippen molar-refractivity contribution in [2.75, 3.05) is 6.54 Å². The molecule has 6 heteroatoms. The molecule has 1 heterocycles. The number of aryl methyl sites for hydroxylation is 1. The van der Waals surface area contributed by atoms with Gasteiger partial charge in [0.1, 0.15) is 0 Å². The van der Waals surface area contributed by atoms with Gasteiger partial charge in [0.25, 0.3) is 0 Å². The molecule has 1 N–H and O–H groups in total. The average molecular weight is 295 g/mol. The lowest BCUT2D eigenvalue weighted by atomic mass is 10.1. The lowest BCUT2D eigenvalue weighted by Gasteiger charge is -2.26. The molecule has 2 aliphatic rings. The first-order valence-electron chi connectivity index (χ1n) is 6.75. The van der Waals surface area contributed by atoms with Gasteiger partial charge in [-0.2, -0.15) is 4.31 Å². The molecule has 1 saturated carbocycles. The third-order valence-electron chi connectivity index (χ3n) is 4.38. The summed E-state index contributed by atoms with van der Waals surface area (Å²) in [7, 11) is -3.59. The van der Waals surface area contributed by atoms with Crippen molar-refractivity contribution >= 4 is 16.0 Å². The molecule has 2 bridgehead atoms. The Labute approximate surface area is 118 Å². The summed E-state index contributed by atoms with van der Waals surface area (Å²) in [5, 5.41) is 9.03. The van der Waals surface area contributed by atoms with E-state index in [2.05, 4.69) is 0 Å². The summed E-state index contributed by atoms with van der Waals surface area (Å²) in [4.78, 5) is 11.2. The molecule has 3 rings (SSSR count). The lowest BCUT2D eigenvalue weighted by Crippen LogP contribution is -2.38. The average Bonchev–Trinajstić information content (AvgIpc) is 3.01. The zero-order chi connectivity index (χ0) is 14.5. The van der Waals surface area contributed by atoms with E-state index < -0.39 is 16.0 Å². The normalized spacial score (nSPS) is 26.1. The Balaban J connectivity index is 2.03. The van der Waals surface area contributed by atoms with E-state index in [9.17, 15) is 13.2 Å². The van der Waals surface area contributed by atoms with E-state index >= 15 is 0 Å². The minimum atomic E-state index is -3.59. The first-order chi connectivity index (χ1) is 9.39. The molecule has 0 spiro atoms. The van der Waals surface area contributed by atoms with E-state index in [4.69, 9.17) is 5.11 Å². The number of carbonyl (C=O) groups is 1. The second-order valence-electron chi connectivity index (χ2n) is 5.69. The Kier molecular flexibility index (Phi) is 3.10. The van der Waals surface area contributed by atoms with Crippen molar-refractivity contribution in [2.45, 2.75) is 37.1 Å². The van der Waals surface area contributed by atoms with Gasteiger partial charge in [-0.15, -0.1) is 0 Å². The molecule has 1 aromatic rings. The zero-order valence-corrected chi connectivity index (χ0v) is 12.1. The number of carboxylic acid groups (broad SMARTS) is 1. The van der Waals surface area contributed by atoms with Gasteiger partial charge in [0.15, 0.2) is 0 Å². The molecule has 20 heavy (non-hydrogen) atoms. The topological polar surface area (TPSA) is 74.7 Å². The van der Waals surface area contributed by atoms with Gasteiger partial charge in [-0.25, -0.2) is 13.2 Å². The summed E-state index contributed by atoms with van der Waals surface area (Å²) in [6, 6.07) is 4.37. The number of rotatable bonds is 3. The molecule has 2 fully saturated rings. The first kappa shape index (κ1) is 13.6. The van der Waals surface area contributed by atoms with Crippen LogP contribution in [0.15, 0.2) is 23.1 Å². The number of piperidine rings is 1. The molecular formula is C14H17NO4S. The van der Waals surface area contributed by atoms with Crippen molar-refractivity contribution in [3.8, 4) is 0 Å². The van der Waals surface area contributed by atoms with E-state index in [0.717, 1.165) is 19.3 Å². The van der Waals surface area contributed by atoms with Crippen molar-refractivity contribution in [1.82, 2.24) is 4.31 Å². The highest BCUT2D eigenvalue weighted by atomic mass is 32.2. The van der Waals surface area contributed by atoms with E-state index in [1.54, 1.807) is 17.3 Å². The van der Waals surface area contributed by atoms with E-state index in [0.29, 0.717) is 18.0 Å². The van der Waals surface area contributed by atoms with Crippen LogP contribution in [0.25, 0.3) is 0 Å². The Morgan fingerprint density at radius 1 is 1.35 bits per heavy atom. The number of fused-ring (bicyclic) bond motifs is 2. The van der Waals surface area contributed by atoms with Crippen LogP contribution in [0.3, 0.4) is 0 Å². The van der Waals surface area contributed by atoms with Crippen LogP contribution in [0, 0.1) is 12.8 Å². The van der Waals surface area contributed by atoms with Crippen LogP contribution in [-0.2, 0) is 10.0 Å². The summed E-state index contributed by atoms with van der Waals surface area (Å²) in [6.07, 6.45) is 2.96. The summed E-state index contributed by atoms with van der Waals surface area (Å²) in [5.41, 5.74) is 0.608. The van der Waals surface area contributed by atoms with Crippen LogP contribution in [-0.4, -0.2) is 36.4 Å². The SMILES string of the molecule is Cc1ccc(C(=O)O)cc1S(=O)(=O)N1CC2CCC1C2. The molecule has 0 aromatic heterocycles. The summed E-state index contributed by atoms with van der Waals surface area (Å²) in [6.45, 7) is 2.27. The van der Waals surface area contributed by atoms with Gasteiger partial charge in [0, 0.05) is 12.6 Å². The standard InChI is InChI=1S/C14H17NO4S/c1-9-2-4-11(14(16)17)7-13(9)20(18,19)15-8-10-3-5-12(15)6-10/h2,4,7,10,12H,3,5-6,8H2,1H3,(H,16,17). The van der Waals surface area contributed by atoms with Gasteiger partial charge < -0.3 is 5.11 Å². The Hall–Kier alpha value is -1.40. The van der Waals surface area contributed by atoms with Gasteiger partial charge in [-0.05, 0) is 49.8 Å². The molecule has 108 valence electrons. The molecule has 1 aliphatic heterocycles. The number of hydrogen-bond acceptors (Lipinski definition) is 3. The number of sulfonamides is 1. The number of nitrogens with zero attached hydrogens (tertiary/aromatic N) is 1. The van der Waals surface area contributed by atoms with Gasteiger partial charge in [0.2, 0.25) is 10.0 Å². The molecule has 2 unspecified atom stereocenters. The summed E-state index contributed by atoms with van der Waals surface area (Å²) < 4.78 is 27.1. The van der Waals surface area contributed by atoms with Crippen LogP contribution in [0.1, 0.15) is 35.2 Å². The predicted molar refractivity (Wildman–Crippen MR) is 73.2 cm³/mol. The second-order valence-corrected chi connectivity index (χ2v) is 7.55. The van der Waals surface area contributed by atoms with Crippen molar-refractivity contribution in [2.24, 2.45) is 5.92 Å². The third-order valence-corrected chi connectivity index (χ3v) is 6.44. The van der Waals surface area contributed by atoms with Crippen LogP contribution >= 0.6 is 0 Å². The highest BCUT2D eigenvalue weighted by Gasteiger charge is 2.44. The van der Waals surface area contributed by atoms with E-state index in [1.807, 2.05) is 0 Å². The smallest absolute Gasteiger partial charge is 0.335 e. The maximum Gasteiger partial charge on any atom is 0.335 e. The molecule has 1 saturated heterocycles. The lowest BCUT2D eigenvalue weighted by molar-refractivity contribution is 0.0696. The van der Waals surface area contributed by atoms with Crippen molar-refractivity contribution in [3.05, 3.63) is 29.3 Å². The Morgan fingerprint density at radius 3 is 2.65 bits per heavy atom. The molecule has 1 aromatic carbocycles. The predicted octanol–water partition coefficient (Wildman–Crippen LogP) is 1.87. The van der Waals surface area contributed by atoms with E-state index in [-0.39, 0.29) is 16.5 Å². The van der Waals surface area contributed by atoms with Gasteiger partial charge in [-0.3, -0.25) is 0 Å². The second kappa shape index (κ2) is 4.56. The van der Waals surface area contributed by atoms with Crippen LogP contribution in [0.4, 0.5) is 0 Å². The quantitative estimate of drug-likeness (QED) is 0.923. The largest absolute Gasteiger partial charge is 0.478 e. The number of carboxylic acids is 1. The highest BCUT2D eigenvalue weighted by Crippen LogP contribution is 2.40. The third kappa shape index (κ3) is 2.03. The minimum absolute atomic E-state index is 0.0125. The van der Waals surface area contributed by atoms with Gasteiger partial charge >= 0.3 is 5.97 Å². The molecule has 1 aliphatic carbocycles. The monoisotopic (exact) mass is 295 g/mol. The highest BCUT2D eigenvalue weighted by molar-refractivity contribution is 7.89. The molecular weight excluding hydrogens is 278 g/mol. The molecule has 0 amide bonds. The molecule has 2 atom stereocenters. The molecule has 5 nitrogen and oxygen atoms in total. The van der Waals surface area contributed by atoms with Crippen LogP contribution in [0.5, 0.6) is 0 Å². The Morgan fingerprint density at radius 2 is 2.10 bits per heavy atom. The van der Waals surface area contributed by atoms with Crippen LogP contribution in [0.2, 0.25) is 0 Å². The number of hydrogen-bond donors (Lipinski definition) is 1. The molecule has 0 radical (unpaired) electrons. The zero-order valence-electron chi connectivity index (χ0n) is 11.2. The van der Waals surface area contributed by atoms with E-state index in [1.165, 1.54) is 12.1 Å². The summed E-state index contributed by atoms with van der Waals surface area (Å²) in [5.74, 6) is -0.637. The van der Waals surface area contributed by atoms with Gasteiger partial charge in [-0.1, -0.05) is 6.07 Å². The van der Waals surface area contributed by atoms with Crippen molar-refractivity contribution in [1.29, 1.82) is 0 Å². The van der Waals surface area contributed by atoms with Crippen LogP contribution < -0.4 is 0 Å². The van der Waals surface area contributed by atoms with Crippen molar-refractivity contribution < 1.29 is 18.3 Å². The fourth-order valence-corrected chi connectivity index (χ4v) is 5.31. The summed E-state index contributed by atoms with van der Waals surface area (Å²) >= 11 is 0. The minimum Gasteiger partial charge on any atom is -0.478 e. The maximum atomic E-state index is 12.8. The van der Waals surface area contributed by atoms with Gasteiger partial charge in [0.05, 0.1) is 10.5 Å². The number of aromatic carboxylic acids is 1. The number of benzene rings is 1.